The summed E-state index contributed by atoms with van der Waals surface area (Å²) < 4.78 is 0. The van der Waals surface area contributed by atoms with Gasteiger partial charge in [-0.1, -0.05) is 19.8 Å². The maximum absolute atomic E-state index is 11.2. The Hall–Kier alpha value is -0.530. The van der Waals surface area contributed by atoms with Crippen LogP contribution in [0.2, 0.25) is 0 Å². The second kappa shape index (κ2) is 2.60. The van der Waals surface area contributed by atoms with E-state index in [-0.39, 0.29) is 11.3 Å². The third-order valence-corrected chi connectivity index (χ3v) is 2.48. The minimum atomic E-state index is -0.0469. The molecule has 0 saturated heterocycles. The number of carbonyl (C=O) groups is 1. The van der Waals surface area contributed by atoms with Crippen LogP contribution in [0.1, 0.15) is 32.6 Å². The van der Waals surface area contributed by atoms with Crippen LogP contribution < -0.4 is 5.32 Å². The van der Waals surface area contributed by atoms with Crippen LogP contribution >= 0.6 is 0 Å². The summed E-state index contributed by atoms with van der Waals surface area (Å²) in [7, 11) is 1.71. The molecule has 0 atom stereocenters. The normalized spacial score (nSPS) is 22.6. The molecular weight excluding hydrogens is 126 g/mol. The van der Waals surface area contributed by atoms with Gasteiger partial charge in [0.15, 0.2) is 0 Å². The molecule has 0 aromatic heterocycles. The summed E-state index contributed by atoms with van der Waals surface area (Å²) in [6, 6.07) is 0. The van der Waals surface area contributed by atoms with E-state index in [4.69, 9.17) is 0 Å². The summed E-state index contributed by atoms with van der Waals surface area (Å²) in [6.45, 7) is 2.05. The Balaban J connectivity index is 2.58. The lowest BCUT2D eigenvalue weighted by Crippen LogP contribution is -2.34. The van der Waals surface area contributed by atoms with E-state index in [9.17, 15) is 4.79 Å². The Labute approximate surface area is 62.0 Å². The smallest absolute Gasteiger partial charge is 0.225 e. The standard InChI is InChI=1S/C8H15NO/c1-8(7(10)9-2)5-3-4-6-8/h3-6H2,1-2H3,(H,9,10). The van der Waals surface area contributed by atoms with Crippen molar-refractivity contribution in [1.82, 2.24) is 5.32 Å². The van der Waals surface area contributed by atoms with Crippen LogP contribution in [0.4, 0.5) is 0 Å². The SMILES string of the molecule is CNC(=O)C1(C)CCCC1. The van der Waals surface area contributed by atoms with Gasteiger partial charge in [-0.2, -0.15) is 0 Å². The highest BCUT2D eigenvalue weighted by Crippen LogP contribution is 2.37. The number of hydrogen-bond acceptors (Lipinski definition) is 1. The molecule has 0 unspecified atom stereocenters. The van der Waals surface area contributed by atoms with Crippen LogP contribution in [-0.2, 0) is 4.79 Å². The van der Waals surface area contributed by atoms with Crippen molar-refractivity contribution in [3.8, 4) is 0 Å². The van der Waals surface area contributed by atoms with Gasteiger partial charge in [-0.05, 0) is 12.8 Å². The van der Waals surface area contributed by atoms with E-state index in [1.165, 1.54) is 12.8 Å². The van der Waals surface area contributed by atoms with Gasteiger partial charge < -0.3 is 5.32 Å². The molecule has 0 aromatic carbocycles. The third-order valence-electron chi connectivity index (χ3n) is 2.48. The fourth-order valence-electron chi connectivity index (χ4n) is 1.68. The van der Waals surface area contributed by atoms with E-state index in [2.05, 4.69) is 12.2 Å². The first-order valence-electron chi connectivity index (χ1n) is 3.91. The Morgan fingerprint density at radius 3 is 2.30 bits per heavy atom. The number of hydrogen-bond donors (Lipinski definition) is 1. The molecule has 0 aliphatic heterocycles. The maximum Gasteiger partial charge on any atom is 0.225 e. The zero-order chi connectivity index (χ0) is 7.61. The highest BCUT2D eigenvalue weighted by molar-refractivity contribution is 5.82. The van der Waals surface area contributed by atoms with Gasteiger partial charge in [0.05, 0.1) is 0 Å². The van der Waals surface area contributed by atoms with Crippen molar-refractivity contribution in [1.29, 1.82) is 0 Å². The molecule has 0 bridgehead atoms. The minimum absolute atomic E-state index is 0.0469. The lowest BCUT2D eigenvalue weighted by atomic mass is 9.88. The van der Waals surface area contributed by atoms with Crippen molar-refractivity contribution >= 4 is 5.91 Å². The summed E-state index contributed by atoms with van der Waals surface area (Å²) in [5, 5.41) is 2.71. The lowest BCUT2D eigenvalue weighted by molar-refractivity contribution is -0.129. The number of carbonyl (C=O) groups excluding carboxylic acids is 1. The second-order valence-electron chi connectivity index (χ2n) is 3.35. The molecule has 1 rings (SSSR count). The summed E-state index contributed by atoms with van der Waals surface area (Å²) in [4.78, 5) is 11.2. The van der Waals surface area contributed by atoms with Crippen molar-refractivity contribution in [3.05, 3.63) is 0 Å². The first kappa shape index (κ1) is 7.58. The van der Waals surface area contributed by atoms with Crippen LogP contribution in [0.3, 0.4) is 0 Å². The monoisotopic (exact) mass is 141 g/mol. The van der Waals surface area contributed by atoms with E-state index in [0.717, 1.165) is 12.8 Å². The predicted octanol–water partition coefficient (Wildman–Crippen LogP) is 1.31. The molecule has 0 heterocycles. The Morgan fingerprint density at radius 1 is 1.40 bits per heavy atom. The Kier molecular flexibility index (Phi) is 1.97. The van der Waals surface area contributed by atoms with Crippen LogP contribution in [0, 0.1) is 5.41 Å². The van der Waals surface area contributed by atoms with Gasteiger partial charge >= 0.3 is 0 Å². The average molecular weight is 141 g/mol. The third kappa shape index (κ3) is 1.15. The summed E-state index contributed by atoms with van der Waals surface area (Å²) in [5.41, 5.74) is -0.0469. The number of rotatable bonds is 1. The molecule has 1 aliphatic rings. The molecule has 1 saturated carbocycles. The molecule has 1 N–H and O–H groups in total. The Morgan fingerprint density at radius 2 is 1.90 bits per heavy atom. The molecule has 0 aromatic rings. The molecule has 1 aliphatic carbocycles. The molecule has 1 fully saturated rings. The zero-order valence-corrected chi connectivity index (χ0v) is 6.74. The van der Waals surface area contributed by atoms with E-state index >= 15 is 0 Å². The summed E-state index contributed by atoms with van der Waals surface area (Å²) >= 11 is 0. The molecule has 0 spiro atoms. The minimum Gasteiger partial charge on any atom is -0.359 e. The zero-order valence-electron chi connectivity index (χ0n) is 6.74. The van der Waals surface area contributed by atoms with Gasteiger partial charge in [-0.25, -0.2) is 0 Å². The molecule has 0 radical (unpaired) electrons. The fourth-order valence-corrected chi connectivity index (χ4v) is 1.68. The topological polar surface area (TPSA) is 29.1 Å². The van der Waals surface area contributed by atoms with E-state index in [0.29, 0.717) is 0 Å². The number of amides is 1. The van der Waals surface area contributed by atoms with Crippen LogP contribution in [-0.4, -0.2) is 13.0 Å². The van der Waals surface area contributed by atoms with Crippen molar-refractivity contribution < 1.29 is 4.79 Å². The van der Waals surface area contributed by atoms with Gasteiger partial charge in [0.1, 0.15) is 0 Å². The van der Waals surface area contributed by atoms with Gasteiger partial charge in [-0.15, -0.1) is 0 Å². The maximum atomic E-state index is 11.2. The Bertz CT molecular complexity index is 136. The highest BCUT2D eigenvalue weighted by Gasteiger charge is 2.35. The van der Waals surface area contributed by atoms with Crippen molar-refractivity contribution in [2.45, 2.75) is 32.6 Å². The van der Waals surface area contributed by atoms with Crippen LogP contribution in [0.25, 0.3) is 0 Å². The number of nitrogens with one attached hydrogen (secondary N) is 1. The van der Waals surface area contributed by atoms with Gasteiger partial charge in [0.2, 0.25) is 5.91 Å². The van der Waals surface area contributed by atoms with Crippen LogP contribution in [0.5, 0.6) is 0 Å². The molecule has 58 valence electrons. The van der Waals surface area contributed by atoms with Crippen molar-refractivity contribution in [2.24, 2.45) is 5.41 Å². The molecule has 2 nitrogen and oxygen atoms in total. The van der Waals surface area contributed by atoms with Crippen LogP contribution in [0.15, 0.2) is 0 Å². The average Bonchev–Trinajstić information content (AvgIpc) is 2.36. The molecule has 2 heteroatoms. The van der Waals surface area contributed by atoms with Gasteiger partial charge in [0.25, 0.3) is 0 Å². The van der Waals surface area contributed by atoms with E-state index < -0.39 is 0 Å². The largest absolute Gasteiger partial charge is 0.359 e. The van der Waals surface area contributed by atoms with Crippen molar-refractivity contribution in [3.63, 3.8) is 0 Å². The fraction of sp³-hybridized carbons (Fsp3) is 0.875. The summed E-state index contributed by atoms with van der Waals surface area (Å²) in [6.07, 6.45) is 4.55. The quantitative estimate of drug-likeness (QED) is 0.586. The van der Waals surface area contributed by atoms with E-state index in [1.54, 1.807) is 7.05 Å². The predicted molar refractivity (Wildman–Crippen MR) is 40.6 cm³/mol. The first-order chi connectivity index (χ1) is 4.69. The van der Waals surface area contributed by atoms with Gasteiger partial charge in [-0.3, -0.25) is 4.79 Å². The molecular formula is C8H15NO. The lowest BCUT2D eigenvalue weighted by Gasteiger charge is -2.20. The van der Waals surface area contributed by atoms with Gasteiger partial charge in [0, 0.05) is 12.5 Å². The van der Waals surface area contributed by atoms with E-state index in [1.807, 2.05) is 0 Å². The van der Waals surface area contributed by atoms with Crippen molar-refractivity contribution in [2.75, 3.05) is 7.05 Å². The second-order valence-corrected chi connectivity index (χ2v) is 3.35. The molecule has 10 heavy (non-hydrogen) atoms. The highest BCUT2D eigenvalue weighted by atomic mass is 16.2. The first-order valence-corrected chi connectivity index (χ1v) is 3.91. The summed E-state index contributed by atoms with van der Waals surface area (Å²) in [5.74, 6) is 0.213. The molecule has 1 amide bonds.